The Hall–Kier alpha value is -1.13. The zero-order valence-electron chi connectivity index (χ0n) is 13.9. The van der Waals surface area contributed by atoms with Crippen molar-refractivity contribution in [2.75, 3.05) is 31.6 Å². The maximum absolute atomic E-state index is 5.96. The predicted octanol–water partition coefficient (Wildman–Crippen LogP) is 2.81. The first-order valence-electron chi connectivity index (χ1n) is 8.14. The van der Waals surface area contributed by atoms with Gasteiger partial charge in [-0.15, -0.1) is 0 Å². The van der Waals surface area contributed by atoms with Gasteiger partial charge in [-0.1, -0.05) is 6.92 Å². The van der Waals surface area contributed by atoms with E-state index in [-0.39, 0.29) is 0 Å². The number of piperidine rings is 1. The molecule has 0 aromatic carbocycles. The Morgan fingerprint density at radius 1 is 1.43 bits per heavy atom. The molecular formula is C17H29N3O. The smallest absolute Gasteiger partial charge is 0.133 e. The molecule has 0 aliphatic carbocycles. The van der Waals surface area contributed by atoms with Crippen molar-refractivity contribution >= 4 is 5.82 Å². The van der Waals surface area contributed by atoms with E-state index in [1.165, 1.54) is 24.0 Å². The molecule has 1 aliphatic heterocycles. The van der Waals surface area contributed by atoms with Gasteiger partial charge in [0.1, 0.15) is 5.82 Å². The summed E-state index contributed by atoms with van der Waals surface area (Å²) in [7, 11) is 1.99. The van der Waals surface area contributed by atoms with Crippen LogP contribution in [0, 0.1) is 13.8 Å². The molecule has 1 saturated heterocycles. The Bertz CT molecular complexity index is 462. The molecular weight excluding hydrogens is 262 g/mol. The second-order valence-electron chi connectivity index (χ2n) is 5.99. The van der Waals surface area contributed by atoms with E-state index in [1.54, 1.807) is 0 Å². The van der Waals surface area contributed by atoms with Crippen molar-refractivity contribution in [1.82, 2.24) is 10.3 Å². The fraction of sp³-hybridized carbons (Fsp3) is 0.706. The van der Waals surface area contributed by atoms with Gasteiger partial charge in [-0.05, 0) is 51.8 Å². The Morgan fingerprint density at radius 3 is 2.95 bits per heavy atom. The van der Waals surface area contributed by atoms with Crippen molar-refractivity contribution in [3.63, 3.8) is 0 Å². The molecule has 1 atom stereocenters. The Kier molecular flexibility index (Phi) is 6.00. The second-order valence-corrected chi connectivity index (χ2v) is 5.99. The monoisotopic (exact) mass is 291 g/mol. The highest BCUT2D eigenvalue weighted by Gasteiger charge is 2.23. The highest BCUT2D eigenvalue weighted by molar-refractivity contribution is 5.52. The SMILES string of the molecule is CCCOC1CCCN(c2nc(C)cc(C)c2CNC)C1. The molecule has 1 aliphatic rings. The van der Waals surface area contributed by atoms with E-state index in [2.05, 4.69) is 37.1 Å². The summed E-state index contributed by atoms with van der Waals surface area (Å²) in [5.74, 6) is 1.15. The lowest BCUT2D eigenvalue weighted by Crippen LogP contribution is -2.41. The van der Waals surface area contributed by atoms with Crippen molar-refractivity contribution < 1.29 is 4.74 Å². The van der Waals surface area contributed by atoms with E-state index < -0.39 is 0 Å². The van der Waals surface area contributed by atoms with Crippen LogP contribution in [0.2, 0.25) is 0 Å². The molecule has 0 bridgehead atoms. The maximum atomic E-state index is 5.96. The van der Waals surface area contributed by atoms with Crippen molar-refractivity contribution in [2.45, 2.75) is 52.7 Å². The summed E-state index contributed by atoms with van der Waals surface area (Å²) in [5, 5.41) is 3.27. The Balaban J connectivity index is 2.19. The highest BCUT2D eigenvalue weighted by Crippen LogP contribution is 2.26. The highest BCUT2D eigenvalue weighted by atomic mass is 16.5. The van der Waals surface area contributed by atoms with Gasteiger partial charge >= 0.3 is 0 Å². The van der Waals surface area contributed by atoms with Crippen molar-refractivity contribution in [2.24, 2.45) is 0 Å². The summed E-state index contributed by atoms with van der Waals surface area (Å²) in [6, 6.07) is 2.17. The number of hydrogen-bond donors (Lipinski definition) is 1. The largest absolute Gasteiger partial charge is 0.376 e. The summed E-state index contributed by atoms with van der Waals surface area (Å²) >= 11 is 0. The van der Waals surface area contributed by atoms with Crippen LogP contribution in [0.4, 0.5) is 5.82 Å². The molecule has 21 heavy (non-hydrogen) atoms. The van der Waals surface area contributed by atoms with Crippen molar-refractivity contribution in [1.29, 1.82) is 0 Å². The summed E-state index contributed by atoms with van der Waals surface area (Å²) in [4.78, 5) is 7.23. The van der Waals surface area contributed by atoms with E-state index in [1.807, 2.05) is 7.05 Å². The summed E-state index contributed by atoms with van der Waals surface area (Å²) < 4.78 is 5.96. The normalized spacial score (nSPS) is 19.0. The second kappa shape index (κ2) is 7.76. The third-order valence-corrected chi connectivity index (χ3v) is 4.04. The minimum absolute atomic E-state index is 0.351. The number of aryl methyl sites for hydroxylation is 2. The minimum Gasteiger partial charge on any atom is -0.376 e. The summed E-state index contributed by atoms with van der Waals surface area (Å²) in [5.41, 5.74) is 3.74. The van der Waals surface area contributed by atoms with Crippen LogP contribution in [0.5, 0.6) is 0 Å². The number of rotatable bonds is 6. The first-order chi connectivity index (χ1) is 10.2. The lowest BCUT2D eigenvalue weighted by atomic mass is 10.0. The molecule has 0 spiro atoms. The number of ether oxygens (including phenoxy) is 1. The fourth-order valence-corrected chi connectivity index (χ4v) is 3.05. The van der Waals surface area contributed by atoms with Crippen LogP contribution in [0.25, 0.3) is 0 Å². The van der Waals surface area contributed by atoms with Crippen LogP contribution >= 0.6 is 0 Å². The lowest BCUT2D eigenvalue weighted by molar-refractivity contribution is 0.0439. The molecule has 0 amide bonds. The number of anilines is 1. The molecule has 1 unspecified atom stereocenters. The molecule has 118 valence electrons. The topological polar surface area (TPSA) is 37.4 Å². The van der Waals surface area contributed by atoms with Gasteiger partial charge in [-0.3, -0.25) is 0 Å². The van der Waals surface area contributed by atoms with Crippen LogP contribution in [0.15, 0.2) is 6.07 Å². The first kappa shape index (κ1) is 16.2. The average Bonchev–Trinajstić information content (AvgIpc) is 2.48. The molecule has 0 saturated carbocycles. The molecule has 2 rings (SSSR count). The van der Waals surface area contributed by atoms with Gasteiger partial charge in [0.05, 0.1) is 6.10 Å². The number of nitrogens with one attached hydrogen (secondary N) is 1. The van der Waals surface area contributed by atoms with Gasteiger partial charge in [0, 0.05) is 37.5 Å². The van der Waals surface area contributed by atoms with E-state index in [9.17, 15) is 0 Å². The molecule has 4 nitrogen and oxygen atoms in total. The van der Waals surface area contributed by atoms with Crippen LogP contribution in [-0.2, 0) is 11.3 Å². The van der Waals surface area contributed by atoms with Crippen molar-refractivity contribution in [3.05, 3.63) is 22.9 Å². The third-order valence-electron chi connectivity index (χ3n) is 4.04. The van der Waals surface area contributed by atoms with E-state index in [0.29, 0.717) is 6.10 Å². The molecule has 1 aromatic rings. The van der Waals surface area contributed by atoms with Crippen LogP contribution in [-0.4, -0.2) is 37.8 Å². The van der Waals surface area contributed by atoms with E-state index >= 15 is 0 Å². The van der Waals surface area contributed by atoms with Crippen LogP contribution in [0.3, 0.4) is 0 Å². The predicted molar refractivity (Wildman–Crippen MR) is 88.0 cm³/mol. The quantitative estimate of drug-likeness (QED) is 0.874. The zero-order valence-corrected chi connectivity index (χ0v) is 13.9. The number of nitrogens with zero attached hydrogens (tertiary/aromatic N) is 2. The summed E-state index contributed by atoms with van der Waals surface area (Å²) in [6.45, 7) is 10.2. The Labute approximate surface area is 128 Å². The van der Waals surface area contributed by atoms with Gasteiger partial charge in [0.25, 0.3) is 0 Å². The van der Waals surface area contributed by atoms with Gasteiger partial charge in [0.15, 0.2) is 0 Å². The molecule has 4 heteroatoms. The first-order valence-corrected chi connectivity index (χ1v) is 8.14. The van der Waals surface area contributed by atoms with Crippen LogP contribution in [0.1, 0.15) is 43.0 Å². The molecule has 0 radical (unpaired) electrons. The molecule has 1 fully saturated rings. The van der Waals surface area contributed by atoms with Crippen LogP contribution < -0.4 is 10.2 Å². The minimum atomic E-state index is 0.351. The third kappa shape index (κ3) is 4.17. The standard InChI is InChI=1S/C17H29N3O/c1-5-9-21-15-7-6-8-20(12-15)17-16(11-18-4)13(2)10-14(3)19-17/h10,15,18H,5-9,11-12H2,1-4H3. The number of hydrogen-bond acceptors (Lipinski definition) is 4. The molecule has 2 heterocycles. The lowest BCUT2D eigenvalue weighted by Gasteiger charge is -2.35. The van der Waals surface area contributed by atoms with E-state index in [4.69, 9.17) is 9.72 Å². The van der Waals surface area contributed by atoms with E-state index in [0.717, 1.165) is 44.2 Å². The number of pyridine rings is 1. The Morgan fingerprint density at radius 2 is 2.24 bits per heavy atom. The molecule has 1 aromatic heterocycles. The summed E-state index contributed by atoms with van der Waals surface area (Å²) in [6.07, 6.45) is 3.79. The average molecular weight is 291 g/mol. The molecule has 1 N–H and O–H groups in total. The van der Waals surface area contributed by atoms with Gasteiger partial charge in [-0.2, -0.15) is 0 Å². The van der Waals surface area contributed by atoms with Gasteiger partial charge in [0.2, 0.25) is 0 Å². The van der Waals surface area contributed by atoms with Gasteiger partial charge < -0.3 is 15.0 Å². The fourth-order valence-electron chi connectivity index (χ4n) is 3.05. The number of aromatic nitrogens is 1. The zero-order chi connectivity index (χ0) is 15.2. The van der Waals surface area contributed by atoms with Crippen molar-refractivity contribution in [3.8, 4) is 0 Å². The van der Waals surface area contributed by atoms with Gasteiger partial charge in [-0.25, -0.2) is 4.98 Å². The maximum Gasteiger partial charge on any atom is 0.133 e.